The van der Waals surface area contributed by atoms with Gasteiger partial charge in [0.15, 0.2) is 0 Å². The first-order valence-corrected chi connectivity index (χ1v) is 3.47. The Morgan fingerprint density at radius 2 is 2.27 bits per heavy atom. The summed E-state index contributed by atoms with van der Waals surface area (Å²) in [5.41, 5.74) is 0.934. The van der Waals surface area contributed by atoms with Crippen LogP contribution < -0.4 is 0 Å². The summed E-state index contributed by atoms with van der Waals surface area (Å²) < 4.78 is 4.74. The molecule has 0 amide bonds. The molecule has 0 aromatic rings. The maximum atomic E-state index is 4.74. The minimum Gasteiger partial charge on any atom is -0.481 e. The van der Waals surface area contributed by atoms with Gasteiger partial charge >= 0.3 is 0 Å². The molecular weight excluding hydrogens is 140 g/mol. The highest BCUT2D eigenvalue weighted by atomic mass is 16.5. The number of aliphatic imine (C=N–C) groups is 2. The topological polar surface area (TPSA) is 34.0 Å². The van der Waals surface area contributed by atoms with Gasteiger partial charge in [0.2, 0.25) is 5.88 Å². The van der Waals surface area contributed by atoms with Crippen LogP contribution in [0.3, 0.4) is 0 Å². The summed E-state index contributed by atoms with van der Waals surface area (Å²) in [5, 5.41) is 0. The smallest absolute Gasteiger partial charge is 0.205 e. The molecule has 0 spiro atoms. The van der Waals surface area contributed by atoms with Crippen molar-refractivity contribution in [1.82, 2.24) is 0 Å². The molecule has 62 valence electrons. The molecule has 0 aromatic heterocycles. The van der Waals surface area contributed by atoms with E-state index in [4.69, 9.17) is 4.74 Å². The fourth-order valence-electron chi connectivity index (χ4n) is 0.506. The molecule has 0 bridgehead atoms. The predicted molar refractivity (Wildman–Crippen MR) is 48.3 cm³/mol. The van der Waals surface area contributed by atoms with E-state index in [0.717, 1.165) is 12.1 Å². The zero-order chi connectivity index (χ0) is 8.69. The molecular formula is C8H14N2O. The molecule has 0 aliphatic carbocycles. The van der Waals surface area contributed by atoms with E-state index >= 15 is 0 Å². The van der Waals surface area contributed by atoms with Crippen LogP contribution in [-0.4, -0.2) is 26.1 Å². The van der Waals surface area contributed by atoms with E-state index in [0.29, 0.717) is 5.88 Å². The Balaban J connectivity index is 4.00. The summed E-state index contributed by atoms with van der Waals surface area (Å²) in [7, 11) is 3.27. The van der Waals surface area contributed by atoms with Crippen LogP contribution >= 0.6 is 0 Å². The molecule has 0 aliphatic heterocycles. The fraction of sp³-hybridized carbons (Fsp3) is 0.500. The van der Waals surface area contributed by atoms with Gasteiger partial charge < -0.3 is 4.74 Å². The second-order valence-corrected chi connectivity index (χ2v) is 1.92. The summed E-state index contributed by atoms with van der Waals surface area (Å²) >= 11 is 0. The van der Waals surface area contributed by atoms with E-state index in [2.05, 4.69) is 16.6 Å². The number of nitrogens with zero attached hydrogens (tertiary/aromatic N) is 2. The van der Waals surface area contributed by atoms with Crippen LogP contribution in [0.4, 0.5) is 0 Å². The molecule has 0 radical (unpaired) electrons. The van der Waals surface area contributed by atoms with Crippen molar-refractivity contribution in [3.05, 3.63) is 12.5 Å². The van der Waals surface area contributed by atoms with Crippen molar-refractivity contribution >= 4 is 11.9 Å². The lowest BCUT2D eigenvalue weighted by Gasteiger charge is -1.95. The lowest BCUT2D eigenvalue weighted by Crippen LogP contribution is -1.97. The van der Waals surface area contributed by atoms with Gasteiger partial charge in [0.25, 0.3) is 0 Å². The molecule has 3 heteroatoms. The van der Waals surface area contributed by atoms with Gasteiger partial charge in [0.1, 0.15) is 0 Å². The normalized spacial score (nSPS) is 12.1. The van der Waals surface area contributed by atoms with Gasteiger partial charge in [-0.25, -0.2) is 4.99 Å². The molecule has 0 unspecified atom stereocenters. The average Bonchev–Trinajstić information content (AvgIpc) is 2.06. The first kappa shape index (κ1) is 9.88. The van der Waals surface area contributed by atoms with E-state index in [9.17, 15) is 0 Å². The molecule has 0 atom stereocenters. The second kappa shape index (κ2) is 5.65. The van der Waals surface area contributed by atoms with E-state index < -0.39 is 0 Å². The van der Waals surface area contributed by atoms with Gasteiger partial charge in [-0.2, -0.15) is 0 Å². The van der Waals surface area contributed by atoms with Crippen LogP contribution in [0.1, 0.15) is 13.3 Å². The number of methoxy groups -OCH3 is 1. The molecule has 0 aromatic carbocycles. The number of hydrogen-bond donors (Lipinski definition) is 0. The molecule has 0 N–H and O–H groups in total. The Labute approximate surface area is 67.5 Å². The van der Waals surface area contributed by atoms with Crippen LogP contribution in [0.15, 0.2) is 22.4 Å². The van der Waals surface area contributed by atoms with Crippen molar-refractivity contribution in [1.29, 1.82) is 0 Å². The van der Waals surface area contributed by atoms with Gasteiger partial charge in [0.05, 0.1) is 19.0 Å². The van der Waals surface area contributed by atoms with E-state index in [-0.39, 0.29) is 0 Å². The summed E-state index contributed by atoms with van der Waals surface area (Å²) in [6.45, 7) is 5.56. The molecule has 11 heavy (non-hydrogen) atoms. The average molecular weight is 154 g/mol. The van der Waals surface area contributed by atoms with E-state index in [1.54, 1.807) is 13.3 Å². The summed E-state index contributed by atoms with van der Waals surface area (Å²) in [6.07, 6.45) is 2.53. The molecule has 3 nitrogen and oxygen atoms in total. The van der Waals surface area contributed by atoms with Crippen LogP contribution in [0, 0.1) is 0 Å². The second-order valence-electron chi connectivity index (χ2n) is 1.92. The zero-order valence-corrected chi connectivity index (χ0v) is 7.29. The Hall–Kier alpha value is -1.12. The predicted octanol–water partition coefficient (Wildman–Crippen LogP) is 1.66. The highest BCUT2D eigenvalue weighted by molar-refractivity contribution is 6.30. The molecule has 0 saturated carbocycles. The molecule has 0 rings (SSSR count). The fourth-order valence-corrected chi connectivity index (χ4v) is 0.506. The number of rotatable bonds is 4. The Bertz CT molecular complexity index is 183. The molecule has 0 heterocycles. The Kier molecular flexibility index (Phi) is 5.07. The van der Waals surface area contributed by atoms with Crippen molar-refractivity contribution in [3.63, 3.8) is 0 Å². The van der Waals surface area contributed by atoms with Gasteiger partial charge in [0, 0.05) is 7.05 Å². The van der Waals surface area contributed by atoms with Crippen LogP contribution in [0.2, 0.25) is 0 Å². The lowest BCUT2D eigenvalue weighted by atomic mass is 10.3. The Morgan fingerprint density at radius 3 is 2.64 bits per heavy atom. The maximum absolute atomic E-state index is 4.74. The summed E-state index contributed by atoms with van der Waals surface area (Å²) in [4.78, 5) is 7.90. The monoisotopic (exact) mass is 154 g/mol. The standard InChI is InChI=1S/C8H14N2O/c1-5-8(9-3)6-10-7(2)11-4/h6H,2,5H2,1,3-4H3. The van der Waals surface area contributed by atoms with Crippen LogP contribution in [0.5, 0.6) is 0 Å². The van der Waals surface area contributed by atoms with Crippen molar-refractivity contribution < 1.29 is 4.74 Å². The summed E-state index contributed by atoms with van der Waals surface area (Å²) in [6, 6.07) is 0. The lowest BCUT2D eigenvalue weighted by molar-refractivity contribution is 0.291. The molecule has 0 aliphatic rings. The van der Waals surface area contributed by atoms with E-state index in [1.807, 2.05) is 6.92 Å². The van der Waals surface area contributed by atoms with Crippen LogP contribution in [-0.2, 0) is 4.74 Å². The highest BCUT2D eigenvalue weighted by Crippen LogP contribution is 1.91. The zero-order valence-electron chi connectivity index (χ0n) is 7.29. The third-order valence-electron chi connectivity index (χ3n) is 1.24. The maximum Gasteiger partial charge on any atom is 0.205 e. The van der Waals surface area contributed by atoms with Gasteiger partial charge in [-0.15, -0.1) is 0 Å². The highest BCUT2D eigenvalue weighted by Gasteiger charge is 1.88. The van der Waals surface area contributed by atoms with Crippen molar-refractivity contribution in [3.8, 4) is 0 Å². The summed E-state index contributed by atoms with van der Waals surface area (Å²) in [5.74, 6) is 0.402. The molecule has 0 saturated heterocycles. The third-order valence-corrected chi connectivity index (χ3v) is 1.24. The van der Waals surface area contributed by atoms with Crippen molar-refractivity contribution in [2.75, 3.05) is 14.2 Å². The SMILES string of the molecule is C=C(N=CC(CC)=NC)OC. The minimum absolute atomic E-state index is 0.402. The van der Waals surface area contributed by atoms with Crippen molar-refractivity contribution in [2.45, 2.75) is 13.3 Å². The van der Waals surface area contributed by atoms with Crippen molar-refractivity contribution in [2.24, 2.45) is 9.98 Å². The van der Waals surface area contributed by atoms with Gasteiger partial charge in [-0.05, 0) is 13.0 Å². The van der Waals surface area contributed by atoms with Crippen LogP contribution in [0.25, 0.3) is 0 Å². The quantitative estimate of drug-likeness (QED) is 0.448. The minimum atomic E-state index is 0.402. The van der Waals surface area contributed by atoms with Gasteiger partial charge in [-0.3, -0.25) is 4.99 Å². The molecule has 0 fully saturated rings. The Morgan fingerprint density at radius 1 is 1.64 bits per heavy atom. The van der Waals surface area contributed by atoms with Gasteiger partial charge in [-0.1, -0.05) is 6.92 Å². The van der Waals surface area contributed by atoms with E-state index in [1.165, 1.54) is 7.11 Å². The first-order valence-electron chi connectivity index (χ1n) is 3.47. The number of hydrogen-bond acceptors (Lipinski definition) is 3. The first-order chi connectivity index (χ1) is 5.24. The largest absolute Gasteiger partial charge is 0.481 e. The number of ether oxygens (including phenoxy) is 1. The third kappa shape index (κ3) is 4.31.